The van der Waals surface area contributed by atoms with Crippen LogP contribution in [-0.2, 0) is 28.8 Å². The highest BCUT2D eigenvalue weighted by Crippen LogP contribution is 2.29. The largest absolute Gasteiger partial charge is 0.489 e. The van der Waals surface area contributed by atoms with E-state index in [9.17, 15) is 15.2 Å². The van der Waals surface area contributed by atoms with E-state index >= 15 is 0 Å². The van der Waals surface area contributed by atoms with Crippen molar-refractivity contribution in [1.29, 1.82) is 5.26 Å². The second-order valence-corrected chi connectivity index (χ2v) is 9.66. The summed E-state index contributed by atoms with van der Waals surface area (Å²) < 4.78 is 11.2. The van der Waals surface area contributed by atoms with Gasteiger partial charge in [-0.3, -0.25) is 4.79 Å². The number of fused-ring (bicyclic) bond motifs is 1. The van der Waals surface area contributed by atoms with E-state index in [1.807, 2.05) is 6.07 Å². The van der Waals surface area contributed by atoms with Crippen LogP contribution >= 0.6 is 12.4 Å². The molecular formula is C27H36ClN2O4+. The Morgan fingerprint density at radius 3 is 2.50 bits per heavy atom. The standard InChI is InChI=1S/C27H35N2O4.ClH/c1-29(2,13-12-21-14-22-6-4-5-7-23(22)15-21)18-25(30)19-33-26-16-20(8-10-24(26)17-28)9-11-27(31)32-3;/h4-8,10,16,21,25,30H,9,11-15,18-19H2,1-3H3;1H/q+1;/t25-;/m1./s1. The van der Waals surface area contributed by atoms with Crippen LogP contribution in [-0.4, -0.2) is 62.6 Å². The maximum Gasteiger partial charge on any atom is 0.305 e. The van der Waals surface area contributed by atoms with Crippen LogP contribution in [0.25, 0.3) is 0 Å². The van der Waals surface area contributed by atoms with Gasteiger partial charge in [-0.15, -0.1) is 12.4 Å². The minimum Gasteiger partial charge on any atom is -0.489 e. The molecule has 3 rings (SSSR count). The molecule has 34 heavy (non-hydrogen) atoms. The van der Waals surface area contributed by atoms with Crippen LogP contribution in [0.15, 0.2) is 42.5 Å². The average molecular weight is 488 g/mol. The number of aliphatic hydroxyl groups is 1. The van der Waals surface area contributed by atoms with E-state index < -0.39 is 6.10 Å². The van der Waals surface area contributed by atoms with Gasteiger partial charge in [0.1, 0.15) is 31.1 Å². The molecule has 2 aromatic carbocycles. The van der Waals surface area contributed by atoms with Crippen LogP contribution in [0.1, 0.15) is 35.1 Å². The summed E-state index contributed by atoms with van der Waals surface area (Å²) in [6.07, 6.45) is 3.53. The number of hydrogen-bond donors (Lipinski definition) is 1. The first kappa shape index (κ1) is 27.7. The molecule has 0 saturated carbocycles. The molecule has 7 heteroatoms. The number of likely N-dealkylation sites (N-methyl/N-ethyl adjacent to an activating group) is 1. The Bertz CT molecular complexity index is 977. The lowest BCUT2D eigenvalue weighted by atomic mass is 10.0. The lowest BCUT2D eigenvalue weighted by Gasteiger charge is -2.32. The number of hydrogen-bond acceptors (Lipinski definition) is 5. The van der Waals surface area contributed by atoms with Gasteiger partial charge in [0.25, 0.3) is 0 Å². The Labute approximate surface area is 209 Å². The second-order valence-electron chi connectivity index (χ2n) is 9.66. The third-order valence-electron chi connectivity index (χ3n) is 6.43. The van der Waals surface area contributed by atoms with Gasteiger partial charge in [0.15, 0.2) is 0 Å². The fourth-order valence-corrected chi connectivity index (χ4v) is 4.57. The molecule has 0 fully saturated rings. The van der Waals surface area contributed by atoms with Crippen LogP contribution in [0.4, 0.5) is 0 Å². The van der Waals surface area contributed by atoms with E-state index in [-0.39, 0.29) is 31.4 Å². The first-order valence-electron chi connectivity index (χ1n) is 11.6. The van der Waals surface area contributed by atoms with E-state index in [1.54, 1.807) is 12.1 Å². The highest BCUT2D eigenvalue weighted by atomic mass is 35.5. The summed E-state index contributed by atoms with van der Waals surface area (Å²) in [7, 11) is 5.64. The van der Waals surface area contributed by atoms with E-state index in [0.29, 0.717) is 34.7 Å². The van der Waals surface area contributed by atoms with Crippen LogP contribution in [0, 0.1) is 17.2 Å². The summed E-state index contributed by atoms with van der Waals surface area (Å²) in [6.45, 7) is 1.68. The van der Waals surface area contributed by atoms with Gasteiger partial charge < -0.3 is 19.1 Å². The summed E-state index contributed by atoms with van der Waals surface area (Å²) in [6, 6.07) is 16.1. The highest BCUT2D eigenvalue weighted by molar-refractivity contribution is 5.85. The Kier molecular flexibility index (Phi) is 10.4. The van der Waals surface area contributed by atoms with Crippen LogP contribution in [0.5, 0.6) is 5.75 Å². The van der Waals surface area contributed by atoms with Crippen molar-refractivity contribution in [2.75, 3.05) is 40.9 Å². The molecule has 0 heterocycles. The molecule has 0 bridgehead atoms. The first-order chi connectivity index (χ1) is 15.8. The summed E-state index contributed by atoms with van der Waals surface area (Å²) in [5.74, 6) is 0.825. The molecule has 0 saturated heterocycles. The molecule has 184 valence electrons. The molecule has 0 aromatic heterocycles. The second kappa shape index (κ2) is 12.8. The van der Waals surface area contributed by atoms with Gasteiger partial charge in [-0.1, -0.05) is 30.3 Å². The van der Waals surface area contributed by atoms with Crippen molar-refractivity contribution in [3.05, 3.63) is 64.7 Å². The Morgan fingerprint density at radius 2 is 1.88 bits per heavy atom. The van der Waals surface area contributed by atoms with Gasteiger partial charge in [0, 0.05) is 12.8 Å². The van der Waals surface area contributed by atoms with E-state index in [0.717, 1.165) is 31.4 Å². The van der Waals surface area contributed by atoms with E-state index in [2.05, 4.69) is 49.2 Å². The summed E-state index contributed by atoms with van der Waals surface area (Å²) in [4.78, 5) is 11.4. The molecule has 0 unspecified atom stereocenters. The average Bonchev–Trinajstić information content (AvgIpc) is 3.23. The molecule has 0 amide bonds. The summed E-state index contributed by atoms with van der Waals surface area (Å²) >= 11 is 0. The first-order valence-corrected chi connectivity index (χ1v) is 11.6. The van der Waals surface area contributed by atoms with E-state index in [4.69, 9.17) is 4.74 Å². The Morgan fingerprint density at radius 1 is 1.21 bits per heavy atom. The Balaban J connectivity index is 0.00000408. The van der Waals surface area contributed by atoms with Crippen molar-refractivity contribution < 1.29 is 23.9 Å². The molecule has 2 aromatic rings. The van der Waals surface area contributed by atoms with Crippen molar-refractivity contribution >= 4 is 18.4 Å². The molecule has 1 atom stereocenters. The van der Waals surface area contributed by atoms with Crippen molar-refractivity contribution in [2.45, 2.75) is 38.2 Å². The third kappa shape index (κ3) is 8.02. The monoisotopic (exact) mass is 487 g/mol. The number of aliphatic hydroxyl groups excluding tert-OH is 1. The minimum absolute atomic E-state index is 0. The summed E-state index contributed by atoms with van der Waals surface area (Å²) in [5, 5.41) is 20.0. The van der Waals surface area contributed by atoms with Crippen molar-refractivity contribution in [3.63, 3.8) is 0 Å². The zero-order valence-corrected chi connectivity index (χ0v) is 21.1. The number of esters is 1. The number of rotatable bonds is 11. The number of carbonyl (C=O) groups excluding carboxylic acids is 1. The number of halogens is 1. The van der Waals surface area contributed by atoms with Crippen LogP contribution in [0.2, 0.25) is 0 Å². The fourth-order valence-electron chi connectivity index (χ4n) is 4.57. The van der Waals surface area contributed by atoms with Gasteiger partial charge in [0.05, 0.1) is 33.3 Å². The molecule has 0 radical (unpaired) electrons. The zero-order valence-electron chi connectivity index (χ0n) is 20.3. The van der Waals surface area contributed by atoms with Gasteiger partial charge in [-0.05, 0) is 54.0 Å². The van der Waals surface area contributed by atoms with E-state index in [1.165, 1.54) is 18.2 Å². The summed E-state index contributed by atoms with van der Waals surface area (Å²) in [5.41, 5.74) is 4.25. The third-order valence-corrected chi connectivity index (χ3v) is 6.43. The molecule has 1 N–H and O–H groups in total. The number of benzene rings is 2. The van der Waals surface area contributed by atoms with Crippen molar-refractivity contribution in [3.8, 4) is 11.8 Å². The predicted molar refractivity (Wildman–Crippen MR) is 134 cm³/mol. The number of nitrogens with zero attached hydrogens (tertiary/aromatic N) is 2. The minimum atomic E-state index is -0.647. The highest BCUT2D eigenvalue weighted by Gasteiger charge is 2.26. The molecule has 6 nitrogen and oxygen atoms in total. The maximum atomic E-state index is 11.4. The normalized spacial score (nSPS) is 14.0. The Hall–Kier alpha value is -2.59. The van der Waals surface area contributed by atoms with Crippen molar-refractivity contribution in [2.24, 2.45) is 5.92 Å². The van der Waals surface area contributed by atoms with Gasteiger partial charge in [-0.2, -0.15) is 5.26 Å². The number of carbonyl (C=O) groups is 1. The lowest BCUT2D eigenvalue weighted by molar-refractivity contribution is -0.894. The molecule has 1 aliphatic carbocycles. The molecule has 0 aliphatic heterocycles. The molecule has 0 spiro atoms. The van der Waals surface area contributed by atoms with Gasteiger partial charge in [-0.25, -0.2) is 0 Å². The predicted octanol–water partition coefficient (Wildman–Crippen LogP) is 3.71. The van der Waals surface area contributed by atoms with Crippen molar-refractivity contribution in [1.82, 2.24) is 0 Å². The number of aryl methyl sites for hydroxylation is 1. The topological polar surface area (TPSA) is 79.6 Å². The SMILES string of the molecule is COC(=O)CCc1ccc(C#N)c(OC[C@H](O)C[N+](C)(C)CCC2Cc3ccccc3C2)c1.Cl. The number of quaternary nitrogens is 1. The smallest absolute Gasteiger partial charge is 0.305 e. The quantitative estimate of drug-likeness (QED) is 0.386. The number of ether oxygens (including phenoxy) is 2. The molecular weight excluding hydrogens is 452 g/mol. The maximum absolute atomic E-state index is 11.4. The lowest BCUT2D eigenvalue weighted by Crippen LogP contribution is -2.48. The number of methoxy groups -OCH3 is 1. The fraction of sp³-hybridized carbons (Fsp3) is 0.481. The zero-order chi connectivity index (χ0) is 23.8. The van der Waals surface area contributed by atoms with Crippen LogP contribution in [0.3, 0.4) is 0 Å². The number of nitriles is 1. The van der Waals surface area contributed by atoms with Gasteiger partial charge in [0.2, 0.25) is 0 Å². The van der Waals surface area contributed by atoms with Gasteiger partial charge >= 0.3 is 5.97 Å². The molecule has 1 aliphatic rings. The van der Waals surface area contributed by atoms with Crippen LogP contribution < -0.4 is 4.74 Å².